The summed E-state index contributed by atoms with van der Waals surface area (Å²) in [6.45, 7) is 3.72. The molecule has 2 aromatic carbocycles. The number of carbonyl (C=O) groups excluding carboxylic acids is 1. The second-order valence-electron chi connectivity index (χ2n) is 8.05. The van der Waals surface area contributed by atoms with Crippen LogP contribution in [0.3, 0.4) is 0 Å². The number of carbonyl (C=O) groups is 1. The van der Waals surface area contributed by atoms with Gasteiger partial charge >= 0.3 is 5.97 Å². The molecule has 0 aromatic heterocycles. The Bertz CT molecular complexity index is 885. The van der Waals surface area contributed by atoms with Gasteiger partial charge in [-0.05, 0) is 26.0 Å². The molecule has 3 aliphatic rings. The summed E-state index contributed by atoms with van der Waals surface area (Å²) in [5.41, 5.74) is 1.36. The van der Waals surface area contributed by atoms with Crippen LogP contribution in [0.15, 0.2) is 60.7 Å². The Kier molecular flexibility index (Phi) is 5.08. The van der Waals surface area contributed by atoms with Gasteiger partial charge in [0.2, 0.25) is 0 Å². The number of esters is 1. The minimum Gasteiger partial charge on any atom is -0.459 e. The Morgan fingerprint density at radius 2 is 1.57 bits per heavy atom. The minimum atomic E-state index is -0.751. The maximum atomic E-state index is 12.4. The normalized spacial score (nSPS) is 34.2. The fourth-order valence-electron chi connectivity index (χ4n) is 4.09. The van der Waals surface area contributed by atoms with Crippen molar-refractivity contribution < 1.29 is 33.2 Å². The maximum absolute atomic E-state index is 12.4. The number of ether oxygens (including phenoxy) is 6. The lowest BCUT2D eigenvalue weighted by molar-refractivity contribution is -0.313. The largest absolute Gasteiger partial charge is 0.459 e. The first-order valence-corrected chi connectivity index (χ1v) is 10.1. The van der Waals surface area contributed by atoms with Crippen molar-refractivity contribution in [1.82, 2.24) is 0 Å². The molecule has 3 aliphatic heterocycles. The second kappa shape index (κ2) is 7.76. The molecule has 158 valence electrons. The maximum Gasteiger partial charge on any atom is 0.338 e. The zero-order valence-corrected chi connectivity index (χ0v) is 16.8. The zero-order chi connectivity index (χ0) is 20.7. The van der Waals surface area contributed by atoms with Crippen molar-refractivity contribution in [1.29, 1.82) is 0 Å². The van der Waals surface area contributed by atoms with Gasteiger partial charge in [0.15, 0.2) is 18.4 Å². The van der Waals surface area contributed by atoms with Gasteiger partial charge in [-0.1, -0.05) is 48.5 Å². The standard InChI is InChI=1S/C23H24O7/c1-23(2)29-19-18-17(27-22(19)30-23)16(13-25-20(24)14-9-5-3-6-10-14)26-21(28-18)15-11-7-4-8-12-15/h3-12,16-19,21-22H,13H2,1-2H3/t16-,17-,18+,19-,21?,22-/m1/s1. The summed E-state index contributed by atoms with van der Waals surface area (Å²) in [4.78, 5) is 12.4. The number of rotatable bonds is 4. The molecule has 3 heterocycles. The molecule has 5 rings (SSSR count). The predicted molar refractivity (Wildman–Crippen MR) is 104 cm³/mol. The number of hydrogen-bond donors (Lipinski definition) is 0. The van der Waals surface area contributed by atoms with E-state index in [9.17, 15) is 4.79 Å². The summed E-state index contributed by atoms with van der Waals surface area (Å²) < 4.78 is 35.9. The molecule has 6 atom stereocenters. The molecule has 1 unspecified atom stereocenters. The van der Waals surface area contributed by atoms with Crippen LogP contribution >= 0.6 is 0 Å². The van der Waals surface area contributed by atoms with Gasteiger partial charge in [0.25, 0.3) is 0 Å². The van der Waals surface area contributed by atoms with Crippen LogP contribution < -0.4 is 0 Å². The van der Waals surface area contributed by atoms with Crippen LogP contribution in [0, 0.1) is 0 Å². The van der Waals surface area contributed by atoms with Gasteiger partial charge in [0, 0.05) is 5.56 Å². The smallest absolute Gasteiger partial charge is 0.338 e. The molecule has 7 nitrogen and oxygen atoms in total. The van der Waals surface area contributed by atoms with Crippen LogP contribution in [-0.4, -0.2) is 49.1 Å². The van der Waals surface area contributed by atoms with Crippen molar-refractivity contribution in [2.45, 2.75) is 56.6 Å². The van der Waals surface area contributed by atoms with E-state index in [-0.39, 0.29) is 12.7 Å². The summed E-state index contributed by atoms with van der Waals surface area (Å²) in [5.74, 6) is -1.16. The SMILES string of the molecule is CC1(C)O[C@H]2O[C@H]3[C@H](OC(c4ccccc4)O[C@@H]3COC(=O)c3ccccc3)[C@H]2O1. The third kappa shape index (κ3) is 3.75. The topological polar surface area (TPSA) is 72.5 Å². The summed E-state index contributed by atoms with van der Waals surface area (Å²) in [6.07, 6.45) is -2.96. The van der Waals surface area contributed by atoms with Crippen LogP contribution in [0.4, 0.5) is 0 Å². The van der Waals surface area contributed by atoms with E-state index in [0.717, 1.165) is 5.56 Å². The first-order valence-electron chi connectivity index (χ1n) is 10.1. The van der Waals surface area contributed by atoms with Gasteiger partial charge in [0.05, 0.1) is 5.56 Å². The van der Waals surface area contributed by atoms with E-state index in [1.54, 1.807) is 24.3 Å². The second-order valence-corrected chi connectivity index (χ2v) is 8.05. The molecule has 0 N–H and O–H groups in total. The number of benzene rings is 2. The zero-order valence-electron chi connectivity index (χ0n) is 16.8. The van der Waals surface area contributed by atoms with Crippen molar-refractivity contribution in [3.8, 4) is 0 Å². The van der Waals surface area contributed by atoms with E-state index in [1.807, 2.05) is 50.2 Å². The molecule has 30 heavy (non-hydrogen) atoms. The minimum absolute atomic E-state index is 0.0322. The fourth-order valence-corrected chi connectivity index (χ4v) is 4.09. The Balaban J connectivity index is 1.35. The van der Waals surface area contributed by atoms with E-state index in [4.69, 9.17) is 28.4 Å². The van der Waals surface area contributed by atoms with Crippen molar-refractivity contribution >= 4 is 5.97 Å². The molecule has 7 heteroatoms. The summed E-state index contributed by atoms with van der Waals surface area (Å²) in [7, 11) is 0. The molecule has 0 radical (unpaired) electrons. The van der Waals surface area contributed by atoms with E-state index in [1.165, 1.54) is 0 Å². The molecule has 3 saturated heterocycles. The van der Waals surface area contributed by atoms with Gasteiger partial charge < -0.3 is 28.4 Å². The number of hydrogen-bond acceptors (Lipinski definition) is 7. The monoisotopic (exact) mass is 412 g/mol. The number of fused-ring (bicyclic) bond motifs is 3. The quantitative estimate of drug-likeness (QED) is 0.714. The van der Waals surface area contributed by atoms with Crippen LogP contribution in [-0.2, 0) is 28.4 Å². The average molecular weight is 412 g/mol. The van der Waals surface area contributed by atoms with E-state index in [2.05, 4.69) is 0 Å². The molecule has 2 aromatic rings. The Morgan fingerprint density at radius 1 is 0.867 bits per heavy atom. The van der Waals surface area contributed by atoms with Crippen LogP contribution in [0.2, 0.25) is 0 Å². The van der Waals surface area contributed by atoms with Crippen LogP contribution in [0.25, 0.3) is 0 Å². The highest BCUT2D eigenvalue weighted by Crippen LogP contribution is 2.45. The van der Waals surface area contributed by atoms with Crippen molar-refractivity contribution in [2.75, 3.05) is 6.61 Å². The van der Waals surface area contributed by atoms with Crippen molar-refractivity contribution in [3.05, 3.63) is 71.8 Å². The third-order valence-corrected chi connectivity index (χ3v) is 5.43. The Hall–Kier alpha value is -2.29. The fraction of sp³-hybridized carbons (Fsp3) is 0.435. The molecule has 0 amide bonds. The van der Waals surface area contributed by atoms with Gasteiger partial charge in [0.1, 0.15) is 31.0 Å². The molecule has 3 fully saturated rings. The molecular formula is C23H24O7. The van der Waals surface area contributed by atoms with E-state index in [0.29, 0.717) is 5.56 Å². The van der Waals surface area contributed by atoms with Gasteiger partial charge in [-0.25, -0.2) is 4.79 Å². The lowest BCUT2D eigenvalue weighted by Crippen LogP contribution is -2.51. The van der Waals surface area contributed by atoms with Crippen LogP contribution in [0.1, 0.15) is 36.1 Å². The highest BCUT2D eigenvalue weighted by atomic mass is 16.9. The van der Waals surface area contributed by atoms with Gasteiger partial charge in [-0.2, -0.15) is 0 Å². The van der Waals surface area contributed by atoms with E-state index < -0.39 is 42.6 Å². The van der Waals surface area contributed by atoms with Gasteiger partial charge in [-0.15, -0.1) is 0 Å². The molecule has 0 aliphatic carbocycles. The lowest BCUT2D eigenvalue weighted by atomic mass is 10.0. The first kappa shape index (κ1) is 19.7. The summed E-state index contributed by atoms with van der Waals surface area (Å²) in [5, 5.41) is 0. The highest BCUT2D eigenvalue weighted by molar-refractivity contribution is 5.89. The summed E-state index contributed by atoms with van der Waals surface area (Å²) >= 11 is 0. The van der Waals surface area contributed by atoms with Crippen molar-refractivity contribution in [2.24, 2.45) is 0 Å². The average Bonchev–Trinajstić information content (AvgIpc) is 3.24. The molecular weight excluding hydrogens is 388 g/mol. The molecule has 0 saturated carbocycles. The lowest BCUT2D eigenvalue weighted by Gasteiger charge is -2.39. The molecule has 0 spiro atoms. The summed E-state index contributed by atoms with van der Waals surface area (Å²) in [6, 6.07) is 18.5. The first-order chi connectivity index (χ1) is 14.5. The Labute approximate surface area is 174 Å². The van der Waals surface area contributed by atoms with Crippen LogP contribution in [0.5, 0.6) is 0 Å². The third-order valence-electron chi connectivity index (χ3n) is 5.43. The highest BCUT2D eigenvalue weighted by Gasteiger charge is 2.60. The predicted octanol–water partition coefficient (Wildman–Crippen LogP) is 3.20. The van der Waals surface area contributed by atoms with E-state index >= 15 is 0 Å². The Morgan fingerprint density at radius 3 is 2.30 bits per heavy atom. The van der Waals surface area contributed by atoms with Gasteiger partial charge in [-0.3, -0.25) is 0 Å². The molecule has 0 bridgehead atoms. The van der Waals surface area contributed by atoms with Crippen molar-refractivity contribution in [3.63, 3.8) is 0 Å².